The third-order valence-electron chi connectivity index (χ3n) is 3.43. The van der Waals surface area contributed by atoms with E-state index in [0.29, 0.717) is 0 Å². The Morgan fingerprint density at radius 2 is 0.720 bits per heavy atom. The van der Waals surface area contributed by atoms with Crippen molar-refractivity contribution >= 4 is 0 Å². The van der Waals surface area contributed by atoms with Crippen LogP contribution in [0.15, 0.2) is 0 Å². The fourth-order valence-electron chi connectivity index (χ4n) is 1.72. The molecule has 0 aromatic heterocycles. The number of aliphatic hydroxyl groups is 12. The fourth-order valence-corrected chi connectivity index (χ4v) is 1.72. The Bertz CT molecular complexity index is 326. The SMILES string of the molecule is OC[C@@H](O)[C@@H](O)[C@H](O)[C@@H](O)C(O)OC(O)[C@H](O)[C@@H](O)[C@H](O)[C@H](O)CO. The van der Waals surface area contributed by atoms with Gasteiger partial charge in [0.05, 0.1) is 13.2 Å². The topological polar surface area (TPSA) is 252 Å². The van der Waals surface area contributed by atoms with Gasteiger partial charge in [0.15, 0.2) is 12.6 Å². The quantitative estimate of drug-likeness (QED) is 0.141. The molecule has 152 valence electrons. The first kappa shape index (κ1) is 24.5. The minimum Gasteiger partial charge on any atom is -0.394 e. The monoisotopic (exact) mass is 378 g/mol. The van der Waals surface area contributed by atoms with Gasteiger partial charge >= 0.3 is 0 Å². The molecule has 2 unspecified atom stereocenters. The molecule has 0 fully saturated rings. The number of hydrogen-bond donors (Lipinski definition) is 12. The average Bonchev–Trinajstić information content (AvgIpc) is 2.62. The van der Waals surface area contributed by atoms with Gasteiger partial charge in [0.2, 0.25) is 0 Å². The highest BCUT2D eigenvalue weighted by Gasteiger charge is 2.39. The van der Waals surface area contributed by atoms with E-state index in [0.717, 1.165) is 0 Å². The van der Waals surface area contributed by atoms with Crippen LogP contribution in [0, 0.1) is 0 Å². The molecule has 0 saturated heterocycles. The summed E-state index contributed by atoms with van der Waals surface area (Å²) >= 11 is 0. The van der Waals surface area contributed by atoms with E-state index in [1.807, 2.05) is 0 Å². The summed E-state index contributed by atoms with van der Waals surface area (Å²) in [6.07, 6.45) is -21.9. The zero-order valence-electron chi connectivity index (χ0n) is 13.0. The van der Waals surface area contributed by atoms with Crippen molar-refractivity contribution in [2.75, 3.05) is 13.2 Å². The lowest BCUT2D eigenvalue weighted by atomic mass is 10.0. The van der Waals surface area contributed by atoms with Crippen molar-refractivity contribution in [2.45, 2.75) is 61.4 Å². The minimum atomic E-state index is -2.44. The van der Waals surface area contributed by atoms with Crippen LogP contribution in [-0.2, 0) is 4.74 Å². The summed E-state index contributed by atoms with van der Waals surface area (Å²) in [5, 5.41) is 111. The van der Waals surface area contributed by atoms with Crippen LogP contribution in [0.5, 0.6) is 0 Å². The van der Waals surface area contributed by atoms with Crippen molar-refractivity contribution in [3.63, 3.8) is 0 Å². The van der Waals surface area contributed by atoms with Crippen LogP contribution >= 0.6 is 0 Å². The van der Waals surface area contributed by atoms with Gasteiger partial charge in [-0.3, -0.25) is 0 Å². The molecular formula is C12H26O13. The normalized spacial score (nSPS) is 24.5. The maximum absolute atomic E-state index is 9.55. The van der Waals surface area contributed by atoms with E-state index >= 15 is 0 Å². The van der Waals surface area contributed by atoms with Crippen molar-refractivity contribution in [1.29, 1.82) is 0 Å². The van der Waals surface area contributed by atoms with Crippen molar-refractivity contribution in [1.82, 2.24) is 0 Å². The number of hydrogen-bond acceptors (Lipinski definition) is 13. The summed E-state index contributed by atoms with van der Waals surface area (Å²) in [6.45, 7) is -1.94. The molecule has 13 heteroatoms. The van der Waals surface area contributed by atoms with E-state index in [9.17, 15) is 40.9 Å². The zero-order chi connectivity index (χ0) is 19.9. The molecule has 0 aliphatic heterocycles. The van der Waals surface area contributed by atoms with Gasteiger partial charge in [0, 0.05) is 0 Å². The van der Waals surface area contributed by atoms with Gasteiger partial charge in [0.25, 0.3) is 0 Å². The summed E-state index contributed by atoms with van der Waals surface area (Å²) < 4.78 is 4.32. The smallest absolute Gasteiger partial charge is 0.186 e. The van der Waals surface area contributed by atoms with Gasteiger partial charge in [-0.2, -0.15) is 0 Å². The van der Waals surface area contributed by atoms with Crippen molar-refractivity contribution in [2.24, 2.45) is 0 Å². The summed E-state index contributed by atoms with van der Waals surface area (Å²) in [7, 11) is 0. The highest BCUT2D eigenvalue weighted by molar-refractivity contribution is 4.84. The maximum Gasteiger partial charge on any atom is 0.186 e. The highest BCUT2D eigenvalue weighted by atomic mass is 16.7. The summed E-state index contributed by atoms with van der Waals surface area (Å²) in [6, 6.07) is 0. The Kier molecular flexibility index (Phi) is 11.0. The van der Waals surface area contributed by atoms with E-state index < -0.39 is 74.6 Å². The summed E-state index contributed by atoms with van der Waals surface area (Å²) in [5.74, 6) is 0. The fraction of sp³-hybridized carbons (Fsp3) is 1.00. The predicted octanol–water partition coefficient (Wildman–Crippen LogP) is -7.49. The molecule has 13 nitrogen and oxygen atoms in total. The molecule has 10 atom stereocenters. The molecule has 0 radical (unpaired) electrons. The molecule has 0 aromatic rings. The Hall–Kier alpha value is -0.520. The first-order valence-corrected chi connectivity index (χ1v) is 7.17. The average molecular weight is 378 g/mol. The maximum atomic E-state index is 9.55. The molecule has 0 bridgehead atoms. The molecule has 0 aliphatic carbocycles. The van der Waals surface area contributed by atoms with Crippen LogP contribution in [0.25, 0.3) is 0 Å². The Labute approximate surface area is 141 Å². The molecule has 0 heterocycles. The second-order valence-corrected chi connectivity index (χ2v) is 5.36. The summed E-state index contributed by atoms with van der Waals surface area (Å²) in [4.78, 5) is 0. The molecule has 0 aliphatic rings. The van der Waals surface area contributed by atoms with Crippen molar-refractivity contribution in [3.05, 3.63) is 0 Å². The molecule has 0 saturated carbocycles. The van der Waals surface area contributed by atoms with Gasteiger partial charge in [-0.05, 0) is 0 Å². The van der Waals surface area contributed by atoms with Gasteiger partial charge in [-0.1, -0.05) is 0 Å². The van der Waals surface area contributed by atoms with Crippen LogP contribution in [0.2, 0.25) is 0 Å². The minimum absolute atomic E-state index is 0.972. The van der Waals surface area contributed by atoms with Crippen LogP contribution in [-0.4, -0.2) is 136 Å². The van der Waals surface area contributed by atoms with E-state index in [1.54, 1.807) is 0 Å². The van der Waals surface area contributed by atoms with E-state index in [-0.39, 0.29) is 0 Å². The van der Waals surface area contributed by atoms with Gasteiger partial charge in [0.1, 0.15) is 48.8 Å². The van der Waals surface area contributed by atoms with Crippen molar-refractivity contribution in [3.8, 4) is 0 Å². The van der Waals surface area contributed by atoms with Crippen LogP contribution in [0.1, 0.15) is 0 Å². The lowest BCUT2D eigenvalue weighted by molar-refractivity contribution is -0.295. The molecule has 0 spiro atoms. The van der Waals surface area contributed by atoms with Crippen LogP contribution in [0.4, 0.5) is 0 Å². The van der Waals surface area contributed by atoms with E-state index in [1.165, 1.54) is 0 Å². The third-order valence-corrected chi connectivity index (χ3v) is 3.43. The predicted molar refractivity (Wildman–Crippen MR) is 75.3 cm³/mol. The molecule has 12 N–H and O–H groups in total. The Balaban J connectivity index is 4.73. The van der Waals surface area contributed by atoms with Gasteiger partial charge in [-0.15, -0.1) is 0 Å². The standard InChI is InChI=1S/C12H26O13/c13-1-3(15)5(17)7(19)9(21)11(23)25-12(24)10(22)8(20)6(18)4(16)2-14/h3-24H,1-2H2/t3-,4-,5-,6-,7+,8+,9-,10-,11?,12?/m1/s1. The van der Waals surface area contributed by atoms with Gasteiger partial charge in [-0.25, -0.2) is 0 Å². The highest BCUT2D eigenvalue weighted by Crippen LogP contribution is 2.14. The number of ether oxygens (including phenoxy) is 1. The summed E-state index contributed by atoms with van der Waals surface area (Å²) in [5.41, 5.74) is 0. The van der Waals surface area contributed by atoms with Crippen LogP contribution in [0.3, 0.4) is 0 Å². The number of rotatable bonds is 12. The van der Waals surface area contributed by atoms with E-state index in [4.69, 9.17) is 20.4 Å². The van der Waals surface area contributed by atoms with E-state index in [2.05, 4.69) is 4.74 Å². The molecule has 0 amide bonds. The lowest BCUT2D eigenvalue weighted by Crippen LogP contribution is -2.54. The van der Waals surface area contributed by atoms with Crippen molar-refractivity contribution < 1.29 is 66.0 Å². The number of aliphatic hydroxyl groups excluding tert-OH is 12. The first-order chi connectivity index (χ1) is 11.5. The Morgan fingerprint density at radius 3 is 0.960 bits per heavy atom. The second kappa shape index (κ2) is 11.2. The molecule has 0 aromatic carbocycles. The Morgan fingerprint density at radius 1 is 0.440 bits per heavy atom. The zero-order valence-corrected chi connectivity index (χ0v) is 13.0. The largest absolute Gasteiger partial charge is 0.394 e. The van der Waals surface area contributed by atoms with Gasteiger partial charge < -0.3 is 66.0 Å². The third kappa shape index (κ3) is 6.95. The molecule has 25 heavy (non-hydrogen) atoms. The molecular weight excluding hydrogens is 352 g/mol. The first-order valence-electron chi connectivity index (χ1n) is 7.17. The van der Waals surface area contributed by atoms with Crippen LogP contribution < -0.4 is 0 Å². The lowest BCUT2D eigenvalue weighted by Gasteiger charge is -2.32. The second-order valence-electron chi connectivity index (χ2n) is 5.36. The molecule has 0 rings (SSSR count).